The normalized spacial score (nSPS) is 28.5. The molecule has 5 atom stereocenters. The lowest BCUT2D eigenvalue weighted by Gasteiger charge is -2.40. The number of aliphatic hydroxyl groups excluding tert-OH is 2. The molecule has 26 heavy (non-hydrogen) atoms. The molecular formula is C17H23IO7S. The van der Waals surface area contributed by atoms with Gasteiger partial charge in [-0.25, -0.2) is 0 Å². The number of benzene rings is 1. The van der Waals surface area contributed by atoms with E-state index < -0.39 is 30.7 Å². The number of halogens is 1. The largest absolute Gasteiger partial charge is 0.493 e. The summed E-state index contributed by atoms with van der Waals surface area (Å²) in [5, 5.41) is 20.6. The van der Waals surface area contributed by atoms with Gasteiger partial charge in [-0.1, -0.05) is 0 Å². The molecule has 9 heteroatoms. The SMILES string of the molecule is COc1cc(I)c(C)c(C(=S)O[C@@H]2O[C@@H](C)[C@H](O)[C@@H](OC)[C@H]2O)c1OC. The fourth-order valence-corrected chi connectivity index (χ4v) is 3.73. The Balaban J connectivity index is 2.34. The van der Waals surface area contributed by atoms with Crippen LogP contribution in [0.15, 0.2) is 6.07 Å². The Morgan fingerprint density at radius 3 is 2.38 bits per heavy atom. The number of hydrogen-bond acceptors (Lipinski definition) is 8. The number of thiocarbonyl (C=S) groups is 1. The minimum absolute atomic E-state index is 0.0960. The van der Waals surface area contributed by atoms with Gasteiger partial charge in [0.1, 0.15) is 18.3 Å². The highest BCUT2D eigenvalue weighted by molar-refractivity contribution is 14.1. The molecule has 1 saturated heterocycles. The van der Waals surface area contributed by atoms with Crippen LogP contribution in [0.25, 0.3) is 0 Å². The van der Waals surface area contributed by atoms with Crippen LogP contribution in [-0.4, -0.2) is 67.3 Å². The van der Waals surface area contributed by atoms with Crippen LogP contribution in [0.2, 0.25) is 0 Å². The number of ether oxygens (including phenoxy) is 5. The molecule has 0 saturated carbocycles. The third-order valence-electron chi connectivity index (χ3n) is 4.35. The molecule has 2 N–H and O–H groups in total. The summed E-state index contributed by atoms with van der Waals surface area (Å²) in [6.07, 6.45) is -4.71. The van der Waals surface area contributed by atoms with E-state index >= 15 is 0 Å². The molecule has 7 nitrogen and oxygen atoms in total. The Morgan fingerprint density at radius 2 is 1.85 bits per heavy atom. The third kappa shape index (κ3) is 4.07. The first kappa shape index (κ1) is 21.6. The summed E-state index contributed by atoms with van der Waals surface area (Å²) in [7, 11) is 4.46. The van der Waals surface area contributed by atoms with Crippen molar-refractivity contribution in [1.29, 1.82) is 0 Å². The zero-order valence-electron chi connectivity index (χ0n) is 15.2. The first-order valence-corrected chi connectivity index (χ1v) is 9.41. The van der Waals surface area contributed by atoms with Crippen molar-refractivity contribution in [3.05, 3.63) is 20.8 Å². The number of aliphatic hydroxyl groups is 2. The monoisotopic (exact) mass is 498 g/mol. The van der Waals surface area contributed by atoms with Gasteiger partial charge in [-0.05, 0) is 60.3 Å². The van der Waals surface area contributed by atoms with Crippen LogP contribution < -0.4 is 9.47 Å². The molecule has 0 aliphatic carbocycles. The number of hydrogen-bond donors (Lipinski definition) is 2. The highest BCUT2D eigenvalue weighted by Crippen LogP contribution is 2.37. The van der Waals surface area contributed by atoms with Gasteiger partial charge in [0.25, 0.3) is 0 Å². The van der Waals surface area contributed by atoms with Gasteiger partial charge in [-0.15, -0.1) is 0 Å². The molecule has 146 valence electrons. The van der Waals surface area contributed by atoms with E-state index in [0.29, 0.717) is 17.1 Å². The molecule has 1 aliphatic rings. The number of rotatable bonds is 5. The van der Waals surface area contributed by atoms with Gasteiger partial charge in [-0.2, -0.15) is 0 Å². The van der Waals surface area contributed by atoms with Crippen molar-refractivity contribution < 1.29 is 33.9 Å². The van der Waals surface area contributed by atoms with Crippen LogP contribution in [0.3, 0.4) is 0 Å². The van der Waals surface area contributed by atoms with E-state index in [4.69, 9.17) is 35.9 Å². The van der Waals surface area contributed by atoms with Crippen molar-refractivity contribution in [3.63, 3.8) is 0 Å². The van der Waals surface area contributed by atoms with Crippen molar-refractivity contribution in [2.24, 2.45) is 0 Å². The Bertz CT molecular complexity index is 669. The Labute approximate surface area is 171 Å². The predicted octanol–water partition coefficient (Wildman–Crippen LogP) is 1.79. The highest BCUT2D eigenvalue weighted by atomic mass is 127. The lowest BCUT2D eigenvalue weighted by molar-refractivity contribution is -0.276. The summed E-state index contributed by atoms with van der Waals surface area (Å²) in [4.78, 5) is 0. The van der Waals surface area contributed by atoms with Crippen LogP contribution in [0.5, 0.6) is 11.5 Å². The highest BCUT2D eigenvalue weighted by Gasteiger charge is 2.45. The van der Waals surface area contributed by atoms with E-state index in [9.17, 15) is 10.2 Å². The molecule has 1 heterocycles. The summed E-state index contributed by atoms with van der Waals surface area (Å²) in [6, 6.07) is 1.84. The van der Waals surface area contributed by atoms with Crippen LogP contribution >= 0.6 is 34.8 Å². The first-order chi connectivity index (χ1) is 12.3. The smallest absolute Gasteiger partial charge is 0.230 e. The molecule has 0 amide bonds. The molecule has 0 aromatic heterocycles. The molecular weight excluding hydrogens is 475 g/mol. The van der Waals surface area contributed by atoms with Crippen LogP contribution in [0, 0.1) is 10.5 Å². The van der Waals surface area contributed by atoms with Crippen molar-refractivity contribution >= 4 is 39.9 Å². The second-order valence-corrected chi connectivity index (χ2v) is 7.42. The van der Waals surface area contributed by atoms with Crippen LogP contribution in [-0.2, 0) is 14.2 Å². The van der Waals surface area contributed by atoms with Crippen molar-refractivity contribution in [2.45, 2.75) is 44.6 Å². The fourth-order valence-electron chi connectivity index (χ4n) is 2.84. The summed E-state index contributed by atoms with van der Waals surface area (Å²) >= 11 is 7.62. The van der Waals surface area contributed by atoms with Gasteiger partial charge in [0.05, 0.1) is 25.9 Å². The lowest BCUT2D eigenvalue weighted by Crippen LogP contribution is -2.58. The maximum atomic E-state index is 10.4. The fraction of sp³-hybridized carbons (Fsp3) is 0.588. The quantitative estimate of drug-likeness (QED) is 0.470. The van der Waals surface area contributed by atoms with Crippen molar-refractivity contribution in [3.8, 4) is 11.5 Å². The molecule has 0 spiro atoms. The Morgan fingerprint density at radius 1 is 1.19 bits per heavy atom. The van der Waals surface area contributed by atoms with E-state index in [1.165, 1.54) is 21.3 Å². The maximum absolute atomic E-state index is 10.4. The van der Waals surface area contributed by atoms with Gasteiger partial charge >= 0.3 is 0 Å². The lowest BCUT2D eigenvalue weighted by atomic mass is 9.99. The van der Waals surface area contributed by atoms with E-state index in [0.717, 1.165) is 9.13 Å². The van der Waals surface area contributed by atoms with Gasteiger partial charge < -0.3 is 33.9 Å². The van der Waals surface area contributed by atoms with Gasteiger partial charge in [0.15, 0.2) is 16.5 Å². The molecule has 1 aromatic rings. The molecule has 2 rings (SSSR count). The average Bonchev–Trinajstić information content (AvgIpc) is 2.61. The number of methoxy groups -OCH3 is 3. The Kier molecular flexibility index (Phi) is 7.45. The van der Waals surface area contributed by atoms with Crippen molar-refractivity contribution in [2.75, 3.05) is 21.3 Å². The van der Waals surface area contributed by atoms with Gasteiger partial charge in [0.2, 0.25) is 6.29 Å². The van der Waals surface area contributed by atoms with Gasteiger partial charge in [0, 0.05) is 10.7 Å². The summed E-state index contributed by atoms with van der Waals surface area (Å²) < 4.78 is 28.2. The molecule has 0 unspecified atom stereocenters. The van der Waals surface area contributed by atoms with E-state index in [1.54, 1.807) is 6.92 Å². The van der Waals surface area contributed by atoms with E-state index in [-0.39, 0.29) is 5.05 Å². The third-order valence-corrected chi connectivity index (χ3v) is 5.77. The molecule has 1 aliphatic heterocycles. The first-order valence-electron chi connectivity index (χ1n) is 7.93. The Hall–Kier alpha value is -0.720. The standard InChI is InChI=1S/C17H23IO7S/c1-7-9(18)6-10(21-3)14(22-4)11(7)17(26)25-16-13(20)15(23-5)12(19)8(2)24-16/h6,8,12-13,15-16,19-20H,1-5H3/t8-,12-,13+,15+,16-/m0/s1. The zero-order chi connectivity index (χ0) is 19.6. The van der Waals surface area contributed by atoms with Crippen LogP contribution in [0.4, 0.5) is 0 Å². The van der Waals surface area contributed by atoms with Crippen LogP contribution in [0.1, 0.15) is 18.1 Å². The topological polar surface area (TPSA) is 86.6 Å². The maximum Gasteiger partial charge on any atom is 0.230 e. The van der Waals surface area contributed by atoms with Gasteiger partial charge in [-0.3, -0.25) is 0 Å². The van der Waals surface area contributed by atoms with Crippen molar-refractivity contribution in [1.82, 2.24) is 0 Å². The second kappa shape index (κ2) is 8.98. The average molecular weight is 498 g/mol. The second-order valence-electron chi connectivity index (χ2n) is 5.89. The van der Waals surface area contributed by atoms with E-state index in [2.05, 4.69) is 22.6 Å². The molecule has 1 aromatic carbocycles. The summed E-state index contributed by atoms with van der Waals surface area (Å²) in [5.41, 5.74) is 1.41. The molecule has 0 bridgehead atoms. The minimum Gasteiger partial charge on any atom is -0.493 e. The minimum atomic E-state index is -1.21. The van der Waals surface area contributed by atoms with E-state index in [1.807, 2.05) is 13.0 Å². The molecule has 1 fully saturated rings. The summed E-state index contributed by atoms with van der Waals surface area (Å²) in [5.74, 6) is 0.962. The molecule has 0 radical (unpaired) electrons. The zero-order valence-corrected chi connectivity index (χ0v) is 18.2. The summed E-state index contributed by atoms with van der Waals surface area (Å²) in [6.45, 7) is 3.56. The predicted molar refractivity (Wildman–Crippen MR) is 107 cm³/mol.